The lowest BCUT2D eigenvalue weighted by atomic mass is 10.1. The second-order valence-corrected chi connectivity index (χ2v) is 4.59. The molecule has 0 radical (unpaired) electrons. The van der Waals surface area contributed by atoms with Crippen molar-refractivity contribution < 1.29 is 0 Å². The van der Waals surface area contributed by atoms with Crippen molar-refractivity contribution in [1.82, 2.24) is 10.2 Å². The minimum Gasteiger partial charge on any atom is -0.319 e. The van der Waals surface area contributed by atoms with E-state index < -0.39 is 0 Å². The van der Waals surface area contributed by atoms with Crippen molar-refractivity contribution in [1.29, 1.82) is 0 Å². The third-order valence-corrected chi connectivity index (χ3v) is 2.51. The zero-order valence-corrected chi connectivity index (χ0v) is 9.23. The molecule has 1 aliphatic heterocycles. The quantitative estimate of drug-likeness (QED) is 0.790. The van der Waals surface area contributed by atoms with Crippen LogP contribution >= 0.6 is 15.9 Å². The average Bonchev–Trinajstić information content (AvgIpc) is 2.36. The van der Waals surface area contributed by atoms with Crippen LogP contribution in [0.5, 0.6) is 0 Å². The van der Waals surface area contributed by atoms with Crippen molar-refractivity contribution in [3.63, 3.8) is 0 Å². The first-order valence-electron chi connectivity index (χ1n) is 4.42. The van der Waals surface area contributed by atoms with Gasteiger partial charge < -0.3 is 5.32 Å². The maximum Gasteiger partial charge on any atom is 0.0294 e. The van der Waals surface area contributed by atoms with Gasteiger partial charge in [0.05, 0.1) is 0 Å². The van der Waals surface area contributed by atoms with Gasteiger partial charge >= 0.3 is 0 Å². The molecule has 0 amide bonds. The summed E-state index contributed by atoms with van der Waals surface area (Å²) in [6.45, 7) is 8.43. The van der Waals surface area contributed by atoms with Crippen molar-refractivity contribution in [2.24, 2.45) is 5.92 Å². The van der Waals surface area contributed by atoms with Gasteiger partial charge in [-0.2, -0.15) is 0 Å². The Bertz CT molecular complexity index is 159. The summed E-state index contributed by atoms with van der Waals surface area (Å²) >= 11 is 3.39. The molecule has 1 heterocycles. The van der Waals surface area contributed by atoms with E-state index in [1.165, 1.54) is 19.5 Å². The van der Waals surface area contributed by atoms with Gasteiger partial charge in [-0.25, -0.2) is 0 Å². The highest BCUT2D eigenvalue weighted by Gasteiger charge is 2.21. The Morgan fingerprint density at radius 2 is 2.50 bits per heavy atom. The molecule has 70 valence electrons. The SMILES string of the molecule is C=C(Br)CN1CCC(CNC)C1. The number of nitrogens with one attached hydrogen (secondary N) is 1. The molecule has 0 aromatic heterocycles. The molecule has 0 saturated carbocycles. The second-order valence-electron chi connectivity index (χ2n) is 3.46. The van der Waals surface area contributed by atoms with Crippen LogP contribution in [0.1, 0.15) is 6.42 Å². The van der Waals surface area contributed by atoms with E-state index in [4.69, 9.17) is 0 Å². The molecule has 0 aromatic rings. The summed E-state index contributed by atoms with van der Waals surface area (Å²) in [6.07, 6.45) is 1.32. The van der Waals surface area contributed by atoms with Crippen LogP contribution in [0.15, 0.2) is 11.1 Å². The van der Waals surface area contributed by atoms with Crippen LogP contribution in [0.4, 0.5) is 0 Å². The highest BCUT2D eigenvalue weighted by Crippen LogP contribution is 2.17. The van der Waals surface area contributed by atoms with Gasteiger partial charge in [0, 0.05) is 17.6 Å². The summed E-state index contributed by atoms with van der Waals surface area (Å²) in [7, 11) is 2.02. The summed E-state index contributed by atoms with van der Waals surface area (Å²) in [5.41, 5.74) is 0. The Hall–Kier alpha value is 0.140. The maximum absolute atomic E-state index is 3.85. The molecule has 2 nitrogen and oxygen atoms in total. The largest absolute Gasteiger partial charge is 0.319 e. The lowest BCUT2D eigenvalue weighted by Gasteiger charge is -2.14. The molecular formula is C9H17BrN2. The van der Waals surface area contributed by atoms with Crippen LogP contribution < -0.4 is 5.32 Å². The molecule has 0 spiro atoms. The minimum atomic E-state index is 0.835. The molecule has 12 heavy (non-hydrogen) atoms. The van der Waals surface area contributed by atoms with E-state index in [2.05, 4.69) is 32.7 Å². The van der Waals surface area contributed by atoms with Gasteiger partial charge in [0.25, 0.3) is 0 Å². The normalized spacial score (nSPS) is 24.7. The predicted molar refractivity (Wildman–Crippen MR) is 56.5 cm³/mol. The second kappa shape index (κ2) is 5.00. The number of nitrogens with zero attached hydrogens (tertiary/aromatic N) is 1. The van der Waals surface area contributed by atoms with Crippen molar-refractivity contribution in [3.05, 3.63) is 11.1 Å². The fraction of sp³-hybridized carbons (Fsp3) is 0.778. The van der Waals surface area contributed by atoms with Crippen molar-refractivity contribution >= 4 is 15.9 Å². The van der Waals surface area contributed by atoms with Gasteiger partial charge in [-0.1, -0.05) is 22.5 Å². The molecule has 1 fully saturated rings. The van der Waals surface area contributed by atoms with E-state index in [-0.39, 0.29) is 0 Å². The topological polar surface area (TPSA) is 15.3 Å². The lowest BCUT2D eigenvalue weighted by Crippen LogP contribution is -2.25. The molecular weight excluding hydrogens is 216 g/mol. The highest BCUT2D eigenvalue weighted by molar-refractivity contribution is 9.11. The van der Waals surface area contributed by atoms with E-state index in [1.54, 1.807) is 0 Å². The Morgan fingerprint density at radius 1 is 1.75 bits per heavy atom. The number of hydrogen-bond donors (Lipinski definition) is 1. The zero-order chi connectivity index (χ0) is 8.97. The van der Waals surface area contributed by atoms with E-state index in [1.807, 2.05) is 7.05 Å². The Balaban J connectivity index is 2.21. The van der Waals surface area contributed by atoms with Crippen LogP contribution in [-0.4, -0.2) is 38.1 Å². The Kier molecular flexibility index (Phi) is 4.26. The van der Waals surface area contributed by atoms with Gasteiger partial charge in [0.1, 0.15) is 0 Å². The van der Waals surface area contributed by atoms with Crippen molar-refractivity contribution in [3.8, 4) is 0 Å². The van der Waals surface area contributed by atoms with Gasteiger partial charge in [-0.3, -0.25) is 4.90 Å². The Labute approximate surface area is 83.1 Å². The van der Waals surface area contributed by atoms with Crippen LogP contribution in [0.2, 0.25) is 0 Å². The molecule has 3 heteroatoms. The molecule has 1 N–H and O–H groups in total. The number of rotatable bonds is 4. The molecule has 1 saturated heterocycles. The van der Waals surface area contributed by atoms with Gasteiger partial charge in [0.2, 0.25) is 0 Å². The maximum atomic E-state index is 3.85. The average molecular weight is 233 g/mol. The fourth-order valence-corrected chi connectivity index (χ4v) is 2.11. The number of halogens is 1. The van der Waals surface area contributed by atoms with Gasteiger partial charge in [-0.05, 0) is 32.5 Å². The predicted octanol–water partition coefficient (Wildman–Crippen LogP) is 1.44. The third kappa shape index (κ3) is 3.25. The van der Waals surface area contributed by atoms with Crippen LogP contribution in [0.3, 0.4) is 0 Å². The van der Waals surface area contributed by atoms with E-state index in [9.17, 15) is 0 Å². The first-order valence-corrected chi connectivity index (χ1v) is 5.22. The molecule has 1 unspecified atom stereocenters. The highest BCUT2D eigenvalue weighted by atomic mass is 79.9. The summed E-state index contributed by atoms with van der Waals surface area (Å²) in [6, 6.07) is 0. The molecule has 1 aliphatic rings. The first kappa shape index (κ1) is 10.2. The smallest absolute Gasteiger partial charge is 0.0294 e. The van der Waals surface area contributed by atoms with Gasteiger partial charge in [-0.15, -0.1) is 0 Å². The summed E-state index contributed by atoms with van der Waals surface area (Å²) in [5, 5.41) is 3.22. The van der Waals surface area contributed by atoms with Crippen LogP contribution in [-0.2, 0) is 0 Å². The fourth-order valence-electron chi connectivity index (χ4n) is 1.75. The van der Waals surface area contributed by atoms with Crippen LogP contribution in [0, 0.1) is 5.92 Å². The monoisotopic (exact) mass is 232 g/mol. The van der Waals surface area contributed by atoms with E-state index in [0.29, 0.717) is 0 Å². The van der Waals surface area contributed by atoms with Gasteiger partial charge in [0.15, 0.2) is 0 Å². The van der Waals surface area contributed by atoms with Crippen LogP contribution in [0.25, 0.3) is 0 Å². The number of likely N-dealkylation sites (tertiary alicyclic amines) is 1. The van der Waals surface area contributed by atoms with Crippen molar-refractivity contribution in [2.75, 3.05) is 33.2 Å². The number of hydrogen-bond acceptors (Lipinski definition) is 2. The van der Waals surface area contributed by atoms with E-state index >= 15 is 0 Å². The third-order valence-electron chi connectivity index (χ3n) is 2.26. The lowest BCUT2D eigenvalue weighted by molar-refractivity contribution is 0.355. The summed E-state index contributed by atoms with van der Waals surface area (Å²) in [5.74, 6) is 0.835. The zero-order valence-electron chi connectivity index (χ0n) is 7.65. The standard InChI is InChI=1S/C9H17BrN2/c1-8(10)6-12-4-3-9(7-12)5-11-2/h9,11H,1,3-7H2,2H3. The first-order chi connectivity index (χ1) is 5.72. The molecule has 1 rings (SSSR count). The molecule has 0 bridgehead atoms. The Morgan fingerprint density at radius 3 is 3.08 bits per heavy atom. The molecule has 0 aromatic carbocycles. The van der Waals surface area contributed by atoms with Crippen molar-refractivity contribution in [2.45, 2.75) is 6.42 Å². The van der Waals surface area contributed by atoms with E-state index in [0.717, 1.165) is 23.5 Å². The minimum absolute atomic E-state index is 0.835. The summed E-state index contributed by atoms with van der Waals surface area (Å²) in [4.78, 5) is 2.44. The molecule has 0 aliphatic carbocycles. The molecule has 1 atom stereocenters. The summed E-state index contributed by atoms with van der Waals surface area (Å²) < 4.78 is 1.09.